The number of carbonyl (C=O) groups is 2. The minimum atomic E-state index is -5.08. The van der Waals surface area contributed by atoms with Gasteiger partial charge < -0.3 is 24.6 Å². The van der Waals surface area contributed by atoms with Crippen LogP contribution in [0.25, 0.3) is 0 Å². The Kier molecular flexibility index (Phi) is 10.8. The Morgan fingerprint density at radius 3 is 2.05 bits per heavy atom. The summed E-state index contributed by atoms with van der Waals surface area (Å²) in [6.07, 6.45) is -4.01. The monoisotopic (exact) mass is 577 g/mol. The molecule has 0 aliphatic carbocycles. The molecule has 0 spiro atoms. The van der Waals surface area contributed by atoms with Gasteiger partial charge in [-0.15, -0.1) is 0 Å². The fraction of sp³-hybridized carbons (Fsp3) is 0.417. The molecule has 3 rings (SSSR count). The van der Waals surface area contributed by atoms with Crippen molar-refractivity contribution < 1.29 is 50.9 Å². The van der Waals surface area contributed by atoms with Gasteiger partial charge in [-0.25, -0.2) is 18.0 Å². The maximum atomic E-state index is 13.1. The van der Waals surface area contributed by atoms with E-state index >= 15 is 0 Å². The topological polar surface area (TPSA) is 146 Å². The first-order chi connectivity index (χ1) is 18.2. The first-order valence-corrected chi connectivity index (χ1v) is 13.1. The third kappa shape index (κ3) is 8.64. The molecule has 0 saturated carbocycles. The van der Waals surface area contributed by atoms with Crippen LogP contribution in [0.1, 0.15) is 23.7 Å². The number of hydrogen-bond acceptors (Lipinski definition) is 8. The number of carboxylic acids is 2. The zero-order valence-corrected chi connectivity index (χ0v) is 22.3. The number of aliphatic carboxylic acids is 1. The normalized spacial score (nSPS) is 14.2. The Bertz CT molecular complexity index is 1260. The second kappa shape index (κ2) is 13.4. The number of piperazine rings is 1. The van der Waals surface area contributed by atoms with Crippen LogP contribution in [-0.2, 0) is 14.8 Å². The minimum Gasteiger partial charge on any atom is -0.493 e. The van der Waals surface area contributed by atoms with Gasteiger partial charge in [0.2, 0.25) is 0 Å². The van der Waals surface area contributed by atoms with E-state index in [4.69, 9.17) is 19.4 Å². The van der Waals surface area contributed by atoms with E-state index in [1.165, 1.54) is 44.6 Å². The van der Waals surface area contributed by atoms with Crippen LogP contribution in [0, 0.1) is 0 Å². The molecule has 39 heavy (non-hydrogen) atoms. The first kappa shape index (κ1) is 31.5. The van der Waals surface area contributed by atoms with E-state index in [0.29, 0.717) is 11.4 Å². The van der Waals surface area contributed by atoms with Gasteiger partial charge in [-0.05, 0) is 43.3 Å². The summed E-state index contributed by atoms with van der Waals surface area (Å²) < 4.78 is 71.0. The highest BCUT2D eigenvalue weighted by Crippen LogP contribution is 2.33. The summed E-state index contributed by atoms with van der Waals surface area (Å²) in [7, 11) is -1.12. The molecule has 0 radical (unpaired) electrons. The summed E-state index contributed by atoms with van der Waals surface area (Å²) in [5, 5.41) is 16.5. The number of ether oxygens (including phenoxy) is 2. The van der Waals surface area contributed by atoms with E-state index in [0.717, 1.165) is 39.1 Å². The molecule has 3 N–H and O–H groups in total. The van der Waals surface area contributed by atoms with E-state index in [2.05, 4.69) is 21.4 Å². The summed E-state index contributed by atoms with van der Waals surface area (Å²) >= 11 is 0. The highest BCUT2D eigenvalue weighted by molar-refractivity contribution is 7.92. The van der Waals surface area contributed by atoms with Gasteiger partial charge in [0.05, 0.1) is 36.1 Å². The molecule has 0 unspecified atom stereocenters. The second-order valence-electron chi connectivity index (χ2n) is 8.29. The fourth-order valence-electron chi connectivity index (χ4n) is 3.74. The lowest BCUT2D eigenvalue weighted by atomic mass is 10.1. The lowest BCUT2D eigenvalue weighted by molar-refractivity contribution is -0.192. The molecule has 0 aromatic heterocycles. The molecule has 1 aliphatic rings. The maximum Gasteiger partial charge on any atom is 0.490 e. The largest absolute Gasteiger partial charge is 0.493 e. The molecule has 216 valence electrons. The molecule has 1 saturated heterocycles. The van der Waals surface area contributed by atoms with Crippen molar-refractivity contribution in [1.82, 2.24) is 4.90 Å². The van der Waals surface area contributed by atoms with Gasteiger partial charge >= 0.3 is 18.1 Å². The van der Waals surface area contributed by atoms with Crippen molar-refractivity contribution in [2.75, 3.05) is 56.6 Å². The van der Waals surface area contributed by atoms with Crippen LogP contribution in [0.2, 0.25) is 0 Å². The molecular formula is C24H30F3N3O8S. The van der Waals surface area contributed by atoms with Crippen molar-refractivity contribution in [3.63, 3.8) is 0 Å². The SMILES string of the molecule is CCCN1CCN(c2ccc(C(=O)O)cc2NS(=O)(=O)c2ccc(OC)c(OC)c2)CC1.O=C(O)C(F)(F)F. The number of alkyl halides is 3. The Morgan fingerprint density at radius 2 is 1.56 bits per heavy atom. The van der Waals surface area contributed by atoms with Crippen molar-refractivity contribution in [2.24, 2.45) is 0 Å². The molecule has 0 amide bonds. The van der Waals surface area contributed by atoms with Crippen LogP contribution >= 0.6 is 0 Å². The first-order valence-electron chi connectivity index (χ1n) is 11.6. The lowest BCUT2D eigenvalue weighted by Crippen LogP contribution is -2.46. The number of rotatable bonds is 9. The van der Waals surface area contributed by atoms with Gasteiger partial charge in [0, 0.05) is 32.2 Å². The Morgan fingerprint density at radius 1 is 0.974 bits per heavy atom. The second-order valence-corrected chi connectivity index (χ2v) is 9.97. The van der Waals surface area contributed by atoms with E-state index in [-0.39, 0.29) is 21.9 Å². The fourth-order valence-corrected chi connectivity index (χ4v) is 4.82. The zero-order valence-electron chi connectivity index (χ0n) is 21.5. The number of sulfonamides is 1. The number of carboxylic acid groups (broad SMARTS) is 2. The predicted molar refractivity (Wildman–Crippen MR) is 136 cm³/mol. The van der Waals surface area contributed by atoms with Crippen LogP contribution in [0.5, 0.6) is 11.5 Å². The number of aromatic carboxylic acids is 1. The van der Waals surface area contributed by atoms with E-state index < -0.39 is 28.1 Å². The zero-order chi connectivity index (χ0) is 29.4. The Balaban J connectivity index is 0.000000673. The number of methoxy groups -OCH3 is 2. The van der Waals surface area contributed by atoms with E-state index in [9.17, 15) is 31.5 Å². The van der Waals surface area contributed by atoms with E-state index in [1.807, 2.05) is 0 Å². The number of anilines is 2. The highest BCUT2D eigenvalue weighted by atomic mass is 32.2. The summed E-state index contributed by atoms with van der Waals surface area (Å²) in [5.41, 5.74) is 0.877. The molecule has 15 heteroatoms. The average Bonchev–Trinajstić information content (AvgIpc) is 2.88. The van der Waals surface area contributed by atoms with Crippen molar-refractivity contribution in [3.8, 4) is 11.5 Å². The maximum absolute atomic E-state index is 13.1. The molecule has 2 aromatic carbocycles. The van der Waals surface area contributed by atoms with Gasteiger partial charge in [0.15, 0.2) is 11.5 Å². The van der Waals surface area contributed by atoms with Crippen molar-refractivity contribution in [3.05, 3.63) is 42.0 Å². The van der Waals surface area contributed by atoms with Crippen LogP contribution < -0.4 is 19.1 Å². The summed E-state index contributed by atoms with van der Waals surface area (Å²) in [5.74, 6) is -3.20. The number of nitrogens with zero attached hydrogens (tertiary/aromatic N) is 2. The molecule has 0 bridgehead atoms. The van der Waals surface area contributed by atoms with E-state index in [1.54, 1.807) is 6.07 Å². The van der Waals surface area contributed by atoms with Gasteiger partial charge in [0.25, 0.3) is 10.0 Å². The van der Waals surface area contributed by atoms with Crippen molar-refractivity contribution in [1.29, 1.82) is 0 Å². The third-order valence-corrected chi connectivity index (χ3v) is 7.01. The van der Waals surface area contributed by atoms with Crippen LogP contribution in [0.3, 0.4) is 0 Å². The summed E-state index contributed by atoms with van der Waals surface area (Å²) in [6, 6.07) is 8.79. The number of nitrogens with one attached hydrogen (secondary N) is 1. The molecular weight excluding hydrogens is 547 g/mol. The van der Waals surface area contributed by atoms with Gasteiger partial charge in [0.1, 0.15) is 0 Å². The lowest BCUT2D eigenvalue weighted by Gasteiger charge is -2.37. The Labute approximate surface area is 223 Å². The molecule has 0 atom stereocenters. The smallest absolute Gasteiger partial charge is 0.490 e. The predicted octanol–water partition coefficient (Wildman–Crippen LogP) is 3.37. The van der Waals surface area contributed by atoms with Crippen molar-refractivity contribution in [2.45, 2.75) is 24.4 Å². The van der Waals surface area contributed by atoms with Gasteiger partial charge in [-0.1, -0.05) is 6.92 Å². The van der Waals surface area contributed by atoms with Gasteiger partial charge in [-0.2, -0.15) is 13.2 Å². The number of halogens is 3. The number of hydrogen-bond donors (Lipinski definition) is 3. The van der Waals surface area contributed by atoms with Gasteiger partial charge in [-0.3, -0.25) is 9.62 Å². The minimum absolute atomic E-state index is 0.00313. The van der Waals surface area contributed by atoms with Crippen LogP contribution in [0.4, 0.5) is 24.5 Å². The molecule has 1 fully saturated rings. The van der Waals surface area contributed by atoms with Crippen molar-refractivity contribution >= 4 is 33.3 Å². The standard InChI is InChI=1S/C22H29N3O6S.C2HF3O2/c1-4-9-24-10-12-25(13-11-24)19-7-5-16(22(26)27)14-18(19)23-32(28,29)17-6-8-20(30-2)21(15-17)31-3;3-2(4,5)1(6)7/h5-8,14-15,23H,4,9-13H2,1-3H3,(H,26,27);(H,6,7). The summed E-state index contributed by atoms with van der Waals surface area (Å²) in [4.78, 5) is 24.8. The third-order valence-electron chi connectivity index (χ3n) is 5.65. The molecule has 2 aromatic rings. The number of benzene rings is 2. The molecule has 1 heterocycles. The quantitative estimate of drug-likeness (QED) is 0.406. The highest BCUT2D eigenvalue weighted by Gasteiger charge is 2.38. The molecule has 1 aliphatic heterocycles. The van der Waals surface area contributed by atoms with Crippen LogP contribution in [-0.4, -0.2) is 88.6 Å². The summed E-state index contributed by atoms with van der Waals surface area (Å²) in [6.45, 7) is 6.31. The molecule has 11 nitrogen and oxygen atoms in total. The average molecular weight is 578 g/mol. The Hall–Kier alpha value is -3.72. The van der Waals surface area contributed by atoms with Crippen LogP contribution in [0.15, 0.2) is 41.3 Å².